The first kappa shape index (κ1) is 12.2. The molecule has 1 aliphatic rings. The molecular formula is C14H18BrN3. The summed E-state index contributed by atoms with van der Waals surface area (Å²) in [5.41, 5.74) is 2.45. The molecule has 0 radical (unpaired) electrons. The average Bonchev–Trinajstić information content (AvgIpc) is 2.67. The molecule has 0 saturated carbocycles. The fourth-order valence-electron chi connectivity index (χ4n) is 2.71. The Labute approximate surface area is 116 Å². The third-order valence-electron chi connectivity index (χ3n) is 3.70. The van der Waals surface area contributed by atoms with Gasteiger partial charge in [0, 0.05) is 12.6 Å². The zero-order valence-corrected chi connectivity index (χ0v) is 12.2. The molecular weight excluding hydrogens is 290 g/mol. The summed E-state index contributed by atoms with van der Waals surface area (Å²) in [4.78, 5) is 4.68. The molecule has 2 aromatic rings. The molecule has 0 spiro atoms. The Kier molecular flexibility index (Phi) is 3.39. The molecule has 1 N–H and O–H groups in total. The summed E-state index contributed by atoms with van der Waals surface area (Å²) in [6, 6.07) is 4.32. The molecule has 1 unspecified atom stereocenters. The van der Waals surface area contributed by atoms with Crippen molar-refractivity contribution in [2.75, 3.05) is 13.1 Å². The summed E-state index contributed by atoms with van der Waals surface area (Å²) in [7, 11) is 0. The van der Waals surface area contributed by atoms with Crippen LogP contribution >= 0.6 is 15.9 Å². The van der Waals surface area contributed by atoms with Gasteiger partial charge in [-0.05, 0) is 72.4 Å². The van der Waals surface area contributed by atoms with E-state index in [0.29, 0.717) is 0 Å². The summed E-state index contributed by atoms with van der Waals surface area (Å²) in [5.74, 6) is 1.89. The minimum absolute atomic E-state index is 0.720. The first-order valence-electron chi connectivity index (χ1n) is 6.58. The molecule has 0 bridgehead atoms. The topological polar surface area (TPSA) is 29.3 Å². The molecule has 3 rings (SSSR count). The summed E-state index contributed by atoms with van der Waals surface area (Å²) >= 11 is 3.57. The smallest absolute Gasteiger partial charge is 0.132 e. The van der Waals surface area contributed by atoms with E-state index in [-0.39, 0.29) is 0 Å². The van der Waals surface area contributed by atoms with E-state index in [1.165, 1.54) is 36.3 Å². The lowest BCUT2D eigenvalue weighted by Gasteiger charge is -2.21. The second kappa shape index (κ2) is 5.02. The zero-order chi connectivity index (χ0) is 12.5. The van der Waals surface area contributed by atoms with E-state index in [1.807, 2.05) is 0 Å². The van der Waals surface area contributed by atoms with E-state index in [4.69, 9.17) is 0 Å². The molecule has 0 aliphatic carbocycles. The van der Waals surface area contributed by atoms with Crippen molar-refractivity contribution < 1.29 is 0 Å². The van der Waals surface area contributed by atoms with Gasteiger partial charge in [-0.2, -0.15) is 0 Å². The Morgan fingerprint density at radius 3 is 3.22 bits per heavy atom. The van der Waals surface area contributed by atoms with Crippen molar-refractivity contribution in [3.63, 3.8) is 0 Å². The van der Waals surface area contributed by atoms with Gasteiger partial charge >= 0.3 is 0 Å². The number of halogens is 1. The number of nitrogens with zero attached hydrogens (tertiary/aromatic N) is 2. The molecule has 1 saturated heterocycles. The fourth-order valence-corrected chi connectivity index (χ4v) is 3.22. The minimum Gasteiger partial charge on any atom is -0.316 e. The lowest BCUT2D eigenvalue weighted by atomic mass is 9.96. The summed E-state index contributed by atoms with van der Waals surface area (Å²) < 4.78 is 3.18. The second-order valence-corrected chi connectivity index (χ2v) is 5.95. The highest BCUT2D eigenvalue weighted by Gasteiger charge is 2.17. The Morgan fingerprint density at radius 2 is 2.44 bits per heavy atom. The molecule has 3 nitrogen and oxygen atoms in total. The van der Waals surface area contributed by atoms with Gasteiger partial charge in [0.1, 0.15) is 10.4 Å². The van der Waals surface area contributed by atoms with Crippen molar-refractivity contribution in [3.05, 3.63) is 34.3 Å². The monoisotopic (exact) mass is 307 g/mol. The van der Waals surface area contributed by atoms with Gasteiger partial charge in [0.15, 0.2) is 0 Å². The largest absolute Gasteiger partial charge is 0.316 e. The normalized spacial score (nSPS) is 20.4. The molecule has 4 heteroatoms. The van der Waals surface area contributed by atoms with Gasteiger partial charge in [0.05, 0.1) is 5.52 Å². The van der Waals surface area contributed by atoms with Crippen molar-refractivity contribution >= 4 is 21.4 Å². The highest BCUT2D eigenvalue weighted by Crippen LogP contribution is 2.23. The molecule has 2 aromatic heterocycles. The number of fused-ring (bicyclic) bond motifs is 1. The molecule has 1 fully saturated rings. The molecule has 0 amide bonds. The van der Waals surface area contributed by atoms with Crippen LogP contribution in [0.2, 0.25) is 0 Å². The number of hydrogen-bond donors (Lipinski definition) is 1. The minimum atomic E-state index is 0.720. The van der Waals surface area contributed by atoms with E-state index in [1.54, 1.807) is 0 Å². The maximum absolute atomic E-state index is 4.68. The second-order valence-electron chi connectivity index (χ2n) is 5.19. The van der Waals surface area contributed by atoms with Crippen LogP contribution in [0.25, 0.3) is 5.52 Å². The number of pyridine rings is 1. The number of hydrogen-bond acceptors (Lipinski definition) is 2. The van der Waals surface area contributed by atoms with Gasteiger partial charge in [0.2, 0.25) is 0 Å². The Bertz CT molecular complexity index is 555. The Morgan fingerprint density at radius 1 is 1.56 bits per heavy atom. The first-order chi connectivity index (χ1) is 8.74. The standard InChI is InChI=1S/C14H18BrN3/c1-10-4-6-18-12(7-10)14(15)17-13(18)8-11-3-2-5-16-9-11/h4,6-7,11,16H,2-3,5,8-9H2,1H3. The number of aromatic nitrogens is 2. The molecule has 96 valence electrons. The van der Waals surface area contributed by atoms with Gasteiger partial charge in [-0.3, -0.25) is 0 Å². The van der Waals surface area contributed by atoms with Crippen LogP contribution in [0.4, 0.5) is 0 Å². The molecule has 0 aromatic carbocycles. The Hall–Kier alpha value is -0.870. The lowest BCUT2D eigenvalue weighted by Crippen LogP contribution is -2.31. The number of imidazole rings is 1. The maximum atomic E-state index is 4.68. The average molecular weight is 308 g/mol. The van der Waals surface area contributed by atoms with Gasteiger partial charge in [-0.1, -0.05) is 0 Å². The summed E-state index contributed by atoms with van der Waals surface area (Å²) in [6.45, 7) is 4.41. The number of aryl methyl sites for hydroxylation is 1. The third kappa shape index (κ3) is 2.31. The van der Waals surface area contributed by atoms with Crippen LogP contribution in [0.15, 0.2) is 22.9 Å². The first-order valence-corrected chi connectivity index (χ1v) is 7.37. The number of rotatable bonds is 2. The molecule has 1 aliphatic heterocycles. The fraction of sp³-hybridized carbons (Fsp3) is 0.500. The van der Waals surface area contributed by atoms with Gasteiger partial charge in [0.25, 0.3) is 0 Å². The molecule has 1 atom stereocenters. The Balaban J connectivity index is 1.91. The van der Waals surface area contributed by atoms with Crippen molar-refractivity contribution in [1.82, 2.24) is 14.7 Å². The van der Waals surface area contributed by atoms with Crippen molar-refractivity contribution in [2.24, 2.45) is 5.92 Å². The summed E-state index contributed by atoms with van der Waals surface area (Å²) in [5, 5.41) is 3.47. The number of piperidine rings is 1. The quantitative estimate of drug-likeness (QED) is 0.924. The van der Waals surface area contributed by atoms with Crippen molar-refractivity contribution in [3.8, 4) is 0 Å². The molecule has 18 heavy (non-hydrogen) atoms. The third-order valence-corrected chi connectivity index (χ3v) is 4.28. The van der Waals surface area contributed by atoms with Crippen LogP contribution in [-0.4, -0.2) is 22.5 Å². The van der Waals surface area contributed by atoms with E-state index in [9.17, 15) is 0 Å². The van der Waals surface area contributed by atoms with Crippen LogP contribution in [0.1, 0.15) is 24.2 Å². The van der Waals surface area contributed by atoms with Crippen LogP contribution < -0.4 is 5.32 Å². The van der Waals surface area contributed by atoms with Crippen LogP contribution in [-0.2, 0) is 6.42 Å². The van der Waals surface area contributed by atoms with Gasteiger partial charge < -0.3 is 9.72 Å². The van der Waals surface area contributed by atoms with Crippen molar-refractivity contribution in [1.29, 1.82) is 0 Å². The zero-order valence-electron chi connectivity index (χ0n) is 10.6. The van der Waals surface area contributed by atoms with E-state index < -0.39 is 0 Å². The predicted molar refractivity (Wildman–Crippen MR) is 76.9 cm³/mol. The van der Waals surface area contributed by atoms with E-state index in [0.717, 1.165) is 23.5 Å². The van der Waals surface area contributed by atoms with Gasteiger partial charge in [-0.15, -0.1) is 0 Å². The lowest BCUT2D eigenvalue weighted by molar-refractivity contribution is 0.370. The van der Waals surface area contributed by atoms with Crippen LogP contribution in [0.3, 0.4) is 0 Å². The van der Waals surface area contributed by atoms with E-state index in [2.05, 4.69) is 55.9 Å². The predicted octanol–water partition coefficient (Wildman–Crippen LogP) is 2.95. The van der Waals surface area contributed by atoms with Crippen molar-refractivity contribution in [2.45, 2.75) is 26.2 Å². The highest BCUT2D eigenvalue weighted by molar-refractivity contribution is 9.10. The number of nitrogens with one attached hydrogen (secondary N) is 1. The SMILES string of the molecule is Cc1ccn2c(CC3CCCNC3)nc(Br)c2c1. The van der Waals surface area contributed by atoms with Gasteiger partial charge in [-0.25, -0.2) is 4.98 Å². The van der Waals surface area contributed by atoms with Crippen LogP contribution in [0.5, 0.6) is 0 Å². The van der Waals surface area contributed by atoms with Crippen LogP contribution in [0, 0.1) is 12.8 Å². The summed E-state index contributed by atoms with van der Waals surface area (Å²) in [6.07, 6.45) is 5.79. The maximum Gasteiger partial charge on any atom is 0.132 e. The highest BCUT2D eigenvalue weighted by atomic mass is 79.9. The van der Waals surface area contributed by atoms with E-state index >= 15 is 0 Å². The molecule has 3 heterocycles.